The highest BCUT2D eigenvalue weighted by atomic mass is 15.1. The van der Waals surface area contributed by atoms with Gasteiger partial charge in [0.15, 0.2) is 0 Å². The second-order valence-corrected chi connectivity index (χ2v) is 23.6. The van der Waals surface area contributed by atoms with Gasteiger partial charge in [-0.05, 0) is 182 Å². The molecule has 0 atom stereocenters. The number of benzene rings is 12. The van der Waals surface area contributed by atoms with Crippen molar-refractivity contribution in [2.24, 2.45) is 0 Å². The van der Waals surface area contributed by atoms with E-state index in [1.54, 1.807) is 0 Å². The van der Waals surface area contributed by atoms with Crippen LogP contribution in [0.3, 0.4) is 0 Å². The van der Waals surface area contributed by atoms with Gasteiger partial charge in [0.25, 0.3) is 0 Å². The number of fused-ring (bicyclic) bond motifs is 16. The van der Waals surface area contributed by atoms with Crippen LogP contribution < -0.4 is 4.90 Å². The molecule has 4 aliphatic rings. The average molecular weight is 1020 g/mol. The van der Waals surface area contributed by atoms with Crippen molar-refractivity contribution in [2.45, 2.75) is 43.9 Å². The zero-order valence-corrected chi connectivity index (χ0v) is 45.4. The Morgan fingerprint density at radius 1 is 0.200 bits per heavy atom. The quantitative estimate of drug-likeness (QED) is 0.154. The molecule has 1 spiro atoms. The highest BCUT2D eigenvalue weighted by Gasteiger charge is 2.52. The van der Waals surface area contributed by atoms with E-state index in [1.807, 2.05) is 0 Å². The van der Waals surface area contributed by atoms with E-state index in [0.29, 0.717) is 0 Å². The molecule has 12 aromatic carbocycles. The summed E-state index contributed by atoms with van der Waals surface area (Å²) in [4.78, 5) is 2.56. The van der Waals surface area contributed by atoms with Crippen molar-refractivity contribution in [3.05, 3.63) is 317 Å². The van der Waals surface area contributed by atoms with Gasteiger partial charge in [-0.25, -0.2) is 0 Å². The van der Waals surface area contributed by atoms with Gasteiger partial charge in [0, 0.05) is 27.9 Å². The second kappa shape index (κ2) is 17.2. The van der Waals surface area contributed by atoms with Gasteiger partial charge < -0.3 is 4.90 Å². The van der Waals surface area contributed by atoms with E-state index in [0.717, 1.165) is 17.1 Å². The summed E-state index contributed by atoms with van der Waals surface area (Å²) in [7, 11) is 0. The van der Waals surface area contributed by atoms with Crippen molar-refractivity contribution in [2.75, 3.05) is 4.90 Å². The Balaban J connectivity index is 0.838. The largest absolute Gasteiger partial charge is 0.310 e. The minimum atomic E-state index is -0.469. The fraction of sp³-hybridized carbons (Fsp3) is 0.0886. The third-order valence-corrected chi connectivity index (χ3v) is 18.7. The standard InChI is InChI=1S/C79H57N/c1-77(2)72-45-56(54-31-27-52(28-32-54)50-17-7-5-8-18-50)35-40-64(72)66-42-37-58(47-74(66)77)80(60-39-44-68-63-23-13-16-26-71(63)79(76(68)49-60)69-24-14-11-21-61(69)62-22-12-15-25-70(62)79)59-38-43-67-65-41-36-57(46-73(65)78(3,4)75(67)48-59)55-33-29-53(30-34-55)51-19-9-6-10-20-51/h5-49H,1-4H3. The molecule has 0 radical (unpaired) electrons. The van der Waals surface area contributed by atoms with Gasteiger partial charge >= 0.3 is 0 Å². The zero-order chi connectivity index (χ0) is 53.5. The Morgan fingerprint density at radius 2 is 0.450 bits per heavy atom. The number of rotatable bonds is 7. The third kappa shape index (κ3) is 6.64. The van der Waals surface area contributed by atoms with Crippen molar-refractivity contribution in [3.63, 3.8) is 0 Å². The van der Waals surface area contributed by atoms with Gasteiger partial charge in [-0.1, -0.05) is 252 Å². The molecule has 4 aliphatic carbocycles. The summed E-state index contributed by atoms with van der Waals surface area (Å²) in [5.74, 6) is 0. The molecule has 0 amide bonds. The van der Waals surface area contributed by atoms with Crippen LogP contribution in [-0.2, 0) is 16.2 Å². The molecule has 0 aliphatic heterocycles. The van der Waals surface area contributed by atoms with Crippen LogP contribution >= 0.6 is 0 Å². The Hall–Kier alpha value is -9.56. The Labute approximate surface area is 469 Å². The van der Waals surface area contributed by atoms with Crippen molar-refractivity contribution in [1.82, 2.24) is 0 Å². The topological polar surface area (TPSA) is 3.24 Å². The van der Waals surface area contributed by atoms with E-state index in [1.165, 1.54) is 134 Å². The molecule has 0 heterocycles. The Kier molecular flexibility index (Phi) is 10.0. The summed E-state index contributed by atoms with van der Waals surface area (Å²) in [5, 5.41) is 0. The average Bonchev–Trinajstić information content (AvgIpc) is 4.34. The maximum Gasteiger partial charge on any atom is 0.0726 e. The monoisotopic (exact) mass is 1020 g/mol. The lowest BCUT2D eigenvalue weighted by molar-refractivity contribution is 0.660. The lowest BCUT2D eigenvalue weighted by Gasteiger charge is -2.33. The summed E-state index contributed by atoms with van der Waals surface area (Å²) in [6.07, 6.45) is 0. The van der Waals surface area contributed by atoms with Crippen molar-refractivity contribution in [3.8, 4) is 89.0 Å². The van der Waals surface area contributed by atoms with Gasteiger partial charge in [-0.3, -0.25) is 0 Å². The van der Waals surface area contributed by atoms with Crippen LogP contribution in [0.15, 0.2) is 273 Å². The van der Waals surface area contributed by atoms with Crippen molar-refractivity contribution in [1.29, 1.82) is 0 Å². The second-order valence-electron chi connectivity index (χ2n) is 23.6. The summed E-state index contributed by atoms with van der Waals surface area (Å²) in [6.45, 7) is 9.67. The van der Waals surface area contributed by atoms with E-state index >= 15 is 0 Å². The molecule has 1 heteroatoms. The number of nitrogens with zero attached hydrogens (tertiary/aromatic N) is 1. The molecule has 0 N–H and O–H groups in total. The van der Waals surface area contributed by atoms with Crippen LogP contribution in [-0.4, -0.2) is 0 Å². The SMILES string of the molecule is CC1(C)c2cc(-c3ccc(-c4ccccc4)cc3)ccc2-c2ccc(N(c3ccc4c(c3)C(C)(C)c3cc(-c5ccc(-c6ccccc6)cc5)ccc3-4)c3ccc4c(c3)C3(c5ccccc5-c5ccccc53)c3ccccc3-4)cc21. The van der Waals surface area contributed by atoms with Crippen molar-refractivity contribution < 1.29 is 0 Å². The highest BCUT2D eigenvalue weighted by molar-refractivity contribution is 5.97. The maximum absolute atomic E-state index is 2.56. The summed E-state index contributed by atoms with van der Waals surface area (Å²) in [5.41, 5.74) is 33.6. The van der Waals surface area contributed by atoms with E-state index < -0.39 is 5.41 Å². The molecule has 80 heavy (non-hydrogen) atoms. The van der Waals surface area contributed by atoms with E-state index in [-0.39, 0.29) is 10.8 Å². The van der Waals surface area contributed by atoms with Crippen LogP contribution in [0.2, 0.25) is 0 Å². The first-order valence-electron chi connectivity index (χ1n) is 28.3. The minimum absolute atomic E-state index is 0.256. The van der Waals surface area contributed by atoms with Crippen LogP contribution in [0, 0.1) is 0 Å². The predicted octanol–water partition coefficient (Wildman–Crippen LogP) is 20.8. The molecule has 0 unspecified atom stereocenters. The zero-order valence-electron chi connectivity index (χ0n) is 45.4. The lowest BCUT2D eigenvalue weighted by Crippen LogP contribution is -2.26. The van der Waals surface area contributed by atoms with Gasteiger partial charge in [-0.2, -0.15) is 0 Å². The Bertz CT molecular complexity index is 4240. The molecule has 12 aromatic rings. The number of anilines is 3. The molecule has 16 rings (SSSR count). The maximum atomic E-state index is 2.56. The molecular formula is C79H57N. The van der Waals surface area contributed by atoms with Gasteiger partial charge in [0.05, 0.1) is 5.41 Å². The van der Waals surface area contributed by atoms with Crippen LogP contribution in [0.1, 0.15) is 72.2 Å². The first kappa shape index (κ1) is 46.5. The van der Waals surface area contributed by atoms with Crippen molar-refractivity contribution >= 4 is 17.1 Å². The Morgan fingerprint density at radius 3 is 0.825 bits per heavy atom. The fourth-order valence-electron chi connectivity index (χ4n) is 14.7. The lowest BCUT2D eigenvalue weighted by atomic mass is 9.70. The van der Waals surface area contributed by atoms with Crippen LogP contribution in [0.25, 0.3) is 89.0 Å². The molecule has 1 nitrogen and oxygen atoms in total. The van der Waals surface area contributed by atoms with Gasteiger partial charge in [0.1, 0.15) is 0 Å². The van der Waals surface area contributed by atoms with Crippen LogP contribution in [0.5, 0.6) is 0 Å². The third-order valence-electron chi connectivity index (χ3n) is 18.7. The number of hydrogen-bond acceptors (Lipinski definition) is 1. The normalized spacial score (nSPS) is 14.6. The summed E-state index contributed by atoms with van der Waals surface area (Å²) >= 11 is 0. The number of hydrogen-bond donors (Lipinski definition) is 0. The fourth-order valence-corrected chi connectivity index (χ4v) is 14.7. The van der Waals surface area contributed by atoms with Crippen LogP contribution in [0.4, 0.5) is 17.1 Å². The molecule has 378 valence electrons. The predicted molar refractivity (Wildman–Crippen MR) is 334 cm³/mol. The van der Waals surface area contributed by atoms with Gasteiger partial charge in [0.2, 0.25) is 0 Å². The molecule has 0 saturated carbocycles. The molecule has 0 aromatic heterocycles. The highest BCUT2D eigenvalue weighted by Crippen LogP contribution is 2.64. The first-order chi connectivity index (χ1) is 39.2. The van der Waals surface area contributed by atoms with E-state index in [9.17, 15) is 0 Å². The first-order valence-corrected chi connectivity index (χ1v) is 28.3. The van der Waals surface area contributed by atoms with E-state index in [4.69, 9.17) is 0 Å². The minimum Gasteiger partial charge on any atom is -0.310 e. The van der Waals surface area contributed by atoms with Gasteiger partial charge in [-0.15, -0.1) is 0 Å². The molecule has 0 fully saturated rings. The summed E-state index contributed by atoms with van der Waals surface area (Å²) in [6, 6.07) is 103. The summed E-state index contributed by atoms with van der Waals surface area (Å²) < 4.78 is 0. The molecule has 0 saturated heterocycles. The van der Waals surface area contributed by atoms with E-state index in [2.05, 4.69) is 306 Å². The molecular weight excluding hydrogens is 963 g/mol. The smallest absolute Gasteiger partial charge is 0.0726 e. The molecule has 0 bridgehead atoms.